The molecule has 0 unspecified atom stereocenters. The fourth-order valence-electron chi connectivity index (χ4n) is 2.65. The molecule has 1 aromatic carbocycles. The van der Waals surface area contributed by atoms with E-state index in [9.17, 15) is 9.59 Å². The molecule has 6 heteroatoms. The first kappa shape index (κ1) is 18.9. The van der Waals surface area contributed by atoms with E-state index in [-0.39, 0.29) is 24.5 Å². The second kappa shape index (κ2) is 8.22. The maximum atomic E-state index is 12.3. The summed E-state index contributed by atoms with van der Waals surface area (Å²) in [6.07, 6.45) is 2.03. The molecule has 27 heavy (non-hydrogen) atoms. The number of aryl methyl sites for hydroxylation is 3. The summed E-state index contributed by atoms with van der Waals surface area (Å²) in [6, 6.07) is 11.3. The number of carbonyl (C=O) groups excluding carboxylic acids is 2. The van der Waals surface area contributed by atoms with Crippen molar-refractivity contribution in [1.82, 2.24) is 9.97 Å². The van der Waals surface area contributed by atoms with Gasteiger partial charge >= 0.3 is 0 Å². The molecule has 138 valence electrons. The number of thiazole rings is 1. The molecule has 0 bridgehead atoms. The van der Waals surface area contributed by atoms with Crippen molar-refractivity contribution in [3.63, 3.8) is 0 Å². The molecule has 0 aliphatic carbocycles. The lowest BCUT2D eigenvalue weighted by atomic mass is 10.0. The molecule has 2 heterocycles. The Morgan fingerprint density at radius 2 is 1.85 bits per heavy atom. The summed E-state index contributed by atoms with van der Waals surface area (Å²) < 4.78 is 0. The Morgan fingerprint density at radius 3 is 2.56 bits per heavy atom. The number of carbonyl (C=O) groups is 2. The number of Topliss-reactive ketones (excluding diaryl/α,β-unsaturated/α-hetero) is 1. The summed E-state index contributed by atoms with van der Waals surface area (Å²) in [6.45, 7) is 5.87. The zero-order chi connectivity index (χ0) is 19.4. The van der Waals surface area contributed by atoms with Crippen molar-refractivity contribution in [3.05, 3.63) is 65.0 Å². The minimum absolute atomic E-state index is 0.0299. The van der Waals surface area contributed by atoms with Gasteiger partial charge in [0.2, 0.25) is 5.91 Å². The van der Waals surface area contributed by atoms with Crippen LogP contribution in [0.4, 0.5) is 5.13 Å². The van der Waals surface area contributed by atoms with E-state index >= 15 is 0 Å². The predicted molar refractivity (Wildman–Crippen MR) is 108 cm³/mol. The van der Waals surface area contributed by atoms with E-state index in [1.54, 1.807) is 6.20 Å². The Morgan fingerprint density at radius 1 is 1.04 bits per heavy atom. The Hall–Kier alpha value is -2.86. The van der Waals surface area contributed by atoms with Crippen LogP contribution in [0.2, 0.25) is 0 Å². The van der Waals surface area contributed by atoms with Crippen LogP contribution in [0.3, 0.4) is 0 Å². The summed E-state index contributed by atoms with van der Waals surface area (Å²) in [5.41, 5.74) is 4.52. The Bertz CT molecular complexity index is 980. The zero-order valence-electron chi connectivity index (χ0n) is 15.6. The first-order valence-corrected chi connectivity index (χ1v) is 9.55. The van der Waals surface area contributed by atoms with Crippen LogP contribution in [0.1, 0.15) is 40.0 Å². The van der Waals surface area contributed by atoms with Gasteiger partial charge in [0.1, 0.15) is 0 Å². The highest BCUT2D eigenvalue weighted by Gasteiger charge is 2.14. The normalized spacial score (nSPS) is 10.6. The molecule has 1 N–H and O–H groups in total. The molecule has 0 aliphatic heterocycles. The van der Waals surface area contributed by atoms with Gasteiger partial charge in [-0.25, -0.2) is 4.98 Å². The van der Waals surface area contributed by atoms with Crippen LogP contribution in [0, 0.1) is 20.8 Å². The first-order valence-electron chi connectivity index (χ1n) is 8.73. The number of rotatable bonds is 6. The van der Waals surface area contributed by atoms with Crippen molar-refractivity contribution < 1.29 is 9.59 Å². The van der Waals surface area contributed by atoms with Gasteiger partial charge in [-0.2, -0.15) is 0 Å². The zero-order valence-corrected chi connectivity index (χ0v) is 16.4. The summed E-state index contributed by atoms with van der Waals surface area (Å²) in [4.78, 5) is 34.2. The van der Waals surface area contributed by atoms with Crippen LogP contribution in [0.15, 0.2) is 42.6 Å². The van der Waals surface area contributed by atoms with E-state index < -0.39 is 0 Å². The van der Waals surface area contributed by atoms with Gasteiger partial charge in [-0.15, -0.1) is 0 Å². The lowest BCUT2D eigenvalue weighted by molar-refractivity contribution is -0.116. The SMILES string of the molecule is Cc1ccc(C(=O)CCC(=O)Nc2nc(C)c(-c3ccccn3)s2)cc1C. The van der Waals surface area contributed by atoms with Gasteiger partial charge in [-0.3, -0.25) is 14.6 Å². The first-order chi connectivity index (χ1) is 12.9. The van der Waals surface area contributed by atoms with E-state index in [2.05, 4.69) is 15.3 Å². The van der Waals surface area contributed by atoms with Crippen molar-refractivity contribution in [2.45, 2.75) is 33.6 Å². The highest BCUT2D eigenvalue weighted by molar-refractivity contribution is 7.19. The summed E-state index contributed by atoms with van der Waals surface area (Å²) in [5.74, 6) is -0.244. The van der Waals surface area contributed by atoms with Crippen LogP contribution in [0.5, 0.6) is 0 Å². The molecule has 0 spiro atoms. The predicted octanol–water partition coefficient (Wildman–Crippen LogP) is 4.73. The Labute approximate surface area is 162 Å². The van der Waals surface area contributed by atoms with Gasteiger partial charge in [0.15, 0.2) is 10.9 Å². The van der Waals surface area contributed by atoms with Crippen LogP contribution in [0.25, 0.3) is 10.6 Å². The molecule has 3 aromatic rings. The third kappa shape index (κ3) is 4.65. The van der Waals surface area contributed by atoms with Crippen LogP contribution >= 0.6 is 11.3 Å². The fourth-order valence-corrected chi connectivity index (χ4v) is 3.61. The van der Waals surface area contributed by atoms with Crippen molar-refractivity contribution in [2.75, 3.05) is 5.32 Å². The average Bonchev–Trinajstić information content (AvgIpc) is 3.02. The van der Waals surface area contributed by atoms with Gasteiger partial charge in [-0.05, 0) is 50.1 Å². The molecular formula is C21H21N3O2S. The fraction of sp³-hybridized carbons (Fsp3) is 0.238. The highest BCUT2D eigenvalue weighted by Crippen LogP contribution is 2.31. The molecule has 0 saturated heterocycles. The second-order valence-corrected chi connectivity index (χ2v) is 7.42. The molecule has 0 saturated carbocycles. The number of nitrogens with zero attached hydrogens (tertiary/aromatic N) is 2. The largest absolute Gasteiger partial charge is 0.302 e. The number of hydrogen-bond acceptors (Lipinski definition) is 5. The van der Waals surface area contributed by atoms with Gasteiger partial charge in [0.05, 0.1) is 16.3 Å². The van der Waals surface area contributed by atoms with E-state index in [0.29, 0.717) is 10.7 Å². The number of nitrogens with one attached hydrogen (secondary N) is 1. The molecule has 0 radical (unpaired) electrons. The van der Waals surface area contributed by atoms with E-state index in [1.807, 2.05) is 57.2 Å². The van der Waals surface area contributed by atoms with Crippen molar-refractivity contribution in [1.29, 1.82) is 0 Å². The van der Waals surface area contributed by atoms with Crippen LogP contribution in [-0.2, 0) is 4.79 Å². The topological polar surface area (TPSA) is 72.0 Å². The van der Waals surface area contributed by atoms with E-state index in [4.69, 9.17) is 0 Å². The van der Waals surface area contributed by atoms with Gasteiger partial charge in [-0.1, -0.05) is 29.5 Å². The quantitative estimate of drug-likeness (QED) is 0.628. The average molecular weight is 379 g/mol. The molecular weight excluding hydrogens is 358 g/mol. The molecule has 3 rings (SSSR count). The monoisotopic (exact) mass is 379 g/mol. The van der Waals surface area contributed by atoms with Crippen molar-refractivity contribution in [3.8, 4) is 10.6 Å². The molecule has 0 atom stereocenters. The number of amides is 1. The number of anilines is 1. The molecule has 0 aliphatic rings. The van der Waals surface area contributed by atoms with Gasteiger partial charge in [0, 0.05) is 24.6 Å². The molecule has 2 aromatic heterocycles. The molecule has 0 fully saturated rings. The summed E-state index contributed by atoms with van der Waals surface area (Å²) in [5, 5.41) is 3.31. The van der Waals surface area contributed by atoms with E-state index in [0.717, 1.165) is 27.4 Å². The van der Waals surface area contributed by atoms with Gasteiger partial charge < -0.3 is 5.32 Å². The summed E-state index contributed by atoms with van der Waals surface area (Å²) >= 11 is 1.38. The Kier molecular flexibility index (Phi) is 5.76. The lowest BCUT2D eigenvalue weighted by Gasteiger charge is -2.05. The van der Waals surface area contributed by atoms with Crippen LogP contribution < -0.4 is 5.32 Å². The maximum absolute atomic E-state index is 12.3. The van der Waals surface area contributed by atoms with Crippen molar-refractivity contribution >= 4 is 28.2 Å². The second-order valence-electron chi connectivity index (χ2n) is 6.42. The minimum Gasteiger partial charge on any atom is -0.302 e. The number of pyridine rings is 1. The number of benzene rings is 1. The smallest absolute Gasteiger partial charge is 0.226 e. The third-order valence-electron chi connectivity index (χ3n) is 4.35. The maximum Gasteiger partial charge on any atom is 0.226 e. The third-order valence-corrected chi connectivity index (χ3v) is 5.44. The summed E-state index contributed by atoms with van der Waals surface area (Å²) in [7, 11) is 0. The minimum atomic E-state index is -0.214. The number of aromatic nitrogens is 2. The molecule has 5 nitrogen and oxygen atoms in total. The molecule has 1 amide bonds. The standard InChI is InChI=1S/C21H21N3O2S/c1-13-7-8-16(12-14(13)2)18(25)9-10-19(26)24-21-23-15(3)20(27-21)17-6-4-5-11-22-17/h4-8,11-12H,9-10H2,1-3H3,(H,23,24,26). The Balaban J connectivity index is 1.60. The van der Waals surface area contributed by atoms with E-state index in [1.165, 1.54) is 11.3 Å². The highest BCUT2D eigenvalue weighted by atomic mass is 32.1. The van der Waals surface area contributed by atoms with Crippen LogP contribution in [-0.4, -0.2) is 21.7 Å². The lowest BCUT2D eigenvalue weighted by Crippen LogP contribution is -2.13. The number of hydrogen-bond donors (Lipinski definition) is 1. The van der Waals surface area contributed by atoms with Crippen molar-refractivity contribution in [2.24, 2.45) is 0 Å². The van der Waals surface area contributed by atoms with Gasteiger partial charge in [0.25, 0.3) is 0 Å². The number of ketones is 1.